The first-order valence-electron chi connectivity index (χ1n) is 6.70. The molecule has 3 nitrogen and oxygen atoms in total. The van der Waals surface area contributed by atoms with Crippen LogP contribution >= 0.6 is 0 Å². The Bertz CT molecular complexity index is 640. The third-order valence-electron chi connectivity index (χ3n) is 3.43. The molecule has 1 N–H and O–H groups in total. The molecule has 1 atom stereocenters. The fraction of sp³-hybridized carbons (Fsp3) is 0.333. The molecule has 1 unspecified atom stereocenters. The second kappa shape index (κ2) is 5.53. The highest BCUT2D eigenvalue weighted by molar-refractivity contribution is 5.89. The highest BCUT2D eigenvalue weighted by atomic mass is 19.3. The molecule has 104 valence electrons. The molecule has 1 aliphatic rings. The van der Waals surface area contributed by atoms with E-state index in [1.54, 1.807) is 12.1 Å². The van der Waals surface area contributed by atoms with Gasteiger partial charge in [0.15, 0.2) is 5.82 Å². The Morgan fingerprint density at radius 1 is 1.15 bits per heavy atom. The van der Waals surface area contributed by atoms with Crippen LogP contribution in [0.5, 0.6) is 0 Å². The summed E-state index contributed by atoms with van der Waals surface area (Å²) >= 11 is 0. The zero-order chi connectivity index (χ0) is 13.9. The highest BCUT2D eigenvalue weighted by Crippen LogP contribution is 2.26. The van der Waals surface area contributed by atoms with E-state index in [-0.39, 0.29) is 6.04 Å². The zero-order valence-electron chi connectivity index (χ0n) is 10.9. The van der Waals surface area contributed by atoms with Crippen LogP contribution in [0.3, 0.4) is 0 Å². The first kappa shape index (κ1) is 13.0. The molecule has 5 heteroatoms. The van der Waals surface area contributed by atoms with E-state index in [1.165, 1.54) is 0 Å². The van der Waals surface area contributed by atoms with Gasteiger partial charge >= 0.3 is 0 Å². The SMILES string of the molecule is FC(F)c1nc(NC2CC=CCC2)c2ccccc2n1. The molecule has 0 aliphatic heterocycles. The predicted molar refractivity (Wildman–Crippen MR) is 74.9 cm³/mol. The summed E-state index contributed by atoms with van der Waals surface area (Å²) in [4.78, 5) is 7.91. The van der Waals surface area contributed by atoms with Crippen LogP contribution in [0.1, 0.15) is 31.5 Å². The molecule has 2 aromatic rings. The van der Waals surface area contributed by atoms with Crippen LogP contribution in [0.15, 0.2) is 36.4 Å². The van der Waals surface area contributed by atoms with Crippen LogP contribution < -0.4 is 5.32 Å². The number of aromatic nitrogens is 2. The third-order valence-corrected chi connectivity index (χ3v) is 3.43. The van der Waals surface area contributed by atoms with Crippen LogP contribution in [-0.4, -0.2) is 16.0 Å². The maximum Gasteiger partial charge on any atom is 0.297 e. The molecule has 1 aromatic carbocycles. The first-order chi connectivity index (χ1) is 9.74. The summed E-state index contributed by atoms with van der Waals surface area (Å²) in [6.07, 6.45) is 4.47. The lowest BCUT2D eigenvalue weighted by Gasteiger charge is -2.21. The molecule has 0 saturated carbocycles. The number of rotatable bonds is 3. The molecule has 0 saturated heterocycles. The van der Waals surface area contributed by atoms with E-state index in [2.05, 4.69) is 27.4 Å². The van der Waals surface area contributed by atoms with Crippen LogP contribution in [-0.2, 0) is 0 Å². The lowest BCUT2D eigenvalue weighted by atomic mass is 10.0. The summed E-state index contributed by atoms with van der Waals surface area (Å²) in [5.41, 5.74) is 0.548. The van der Waals surface area contributed by atoms with Gasteiger partial charge in [0.2, 0.25) is 0 Å². The Morgan fingerprint density at radius 2 is 2.00 bits per heavy atom. The number of anilines is 1. The van der Waals surface area contributed by atoms with Crippen molar-refractivity contribution in [2.45, 2.75) is 31.7 Å². The number of nitrogens with zero attached hydrogens (tertiary/aromatic N) is 2. The monoisotopic (exact) mass is 275 g/mol. The minimum atomic E-state index is -2.66. The normalized spacial score (nSPS) is 18.6. The van der Waals surface area contributed by atoms with Crippen molar-refractivity contribution in [2.24, 2.45) is 0 Å². The Labute approximate surface area is 115 Å². The van der Waals surface area contributed by atoms with E-state index >= 15 is 0 Å². The number of hydrogen-bond donors (Lipinski definition) is 1. The molecular formula is C15H15F2N3. The summed E-state index contributed by atoms with van der Waals surface area (Å²) < 4.78 is 25.8. The largest absolute Gasteiger partial charge is 0.366 e. The molecule has 3 rings (SSSR count). The maximum absolute atomic E-state index is 12.9. The summed E-state index contributed by atoms with van der Waals surface area (Å²) in [6.45, 7) is 0. The van der Waals surface area contributed by atoms with Crippen LogP contribution in [0.2, 0.25) is 0 Å². The summed E-state index contributed by atoms with van der Waals surface area (Å²) in [5.74, 6) is 0.0868. The lowest BCUT2D eigenvalue weighted by Crippen LogP contribution is -2.21. The second-order valence-corrected chi connectivity index (χ2v) is 4.87. The van der Waals surface area contributed by atoms with Gasteiger partial charge in [-0.15, -0.1) is 0 Å². The molecule has 0 spiro atoms. The summed E-state index contributed by atoms with van der Waals surface area (Å²) in [6, 6.07) is 7.47. The van der Waals surface area contributed by atoms with E-state index in [0.717, 1.165) is 24.6 Å². The van der Waals surface area contributed by atoms with Crippen molar-refractivity contribution < 1.29 is 8.78 Å². The summed E-state index contributed by atoms with van der Waals surface area (Å²) in [7, 11) is 0. The fourth-order valence-electron chi connectivity index (χ4n) is 2.42. The van der Waals surface area contributed by atoms with E-state index in [4.69, 9.17) is 0 Å². The Kier molecular flexibility index (Phi) is 3.58. The minimum absolute atomic E-state index is 0.240. The van der Waals surface area contributed by atoms with Gasteiger partial charge in [-0.3, -0.25) is 0 Å². The minimum Gasteiger partial charge on any atom is -0.366 e. The van der Waals surface area contributed by atoms with Crippen molar-refractivity contribution in [3.05, 3.63) is 42.2 Å². The van der Waals surface area contributed by atoms with Crippen molar-refractivity contribution in [3.63, 3.8) is 0 Å². The number of hydrogen-bond acceptors (Lipinski definition) is 3. The quantitative estimate of drug-likeness (QED) is 0.857. The van der Waals surface area contributed by atoms with Gasteiger partial charge in [-0.05, 0) is 31.4 Å². The van der Waals surface area contributed by atoms with E-state index < -0.39 is 12.2 Å². The molecule has 0 radical (unpaired) electrons. The summed E-state index contributed by atoms with van der Waals surface area (Å²) in [5, 5.41) is 4.07. The molecule has 0 amide bonds. The van der Waals surface area contributed by atoms with Gasteiger partial charge in [0.1, 0.15) is 5.82 Å². The zero-order valence-corrected chi connectivity index (χ0v) is 10.9. The molecule has 0 bridgehead atoms. The molecule has 1 aliphatic carbocycles. The van der Waals surface area contributed by atoms with Gasteiger partial charge in [0, 0.05) is 11.4 Å². The van der Waals surface area contributed by atoms with E-state index in [1.807, 2.05) is 12.1 Å². The number of fused-ring (bicyclic) bond motifs is 1. The predicted octanol–water partition coefficient (Wildman–Crippen LogP) is 4.09. The number of allylic oxidation sites excluding steroid dienone is 1. The van der Waals surface area contributed by atoms with Crippen molar-refractivity contribution in [3.8, 4) is 0 Å². The number of alkyl halides is 2. The number of halogens is 2. The lowest BCUT2D eigenvalue weighted by molar-refractivity contribution is 0.141. The van der Waals surface area contributed by atoms with Gasteiger partial charge in [0.05, 0.1) is 5.52 Å². The topological polar surface area (TPSA) is 37.8 Å². The van der Waals surface area contributed by atoms with Crippen molar-refractivity contribution >= 4 is 16.7 Å². The Balaban J connectivity index is 2.00. The first-order valence-corrected chi connectivity index (χ1v) is 6.70. The fourth-order valence-corrected chi connectivity index (χ4v) is 2.42. The van der Waals surface area contributed by atoms with E-state index in [0.29, 0.717) is 11.3 Å². The van der Waals surface area contributed by atoms with Crippen molar-refractivity contribution in [1.82, 2.24) is 9.97 Å². The van der Waals surface area contributed by atoms with Gasteiger partial charge in [-0.25, -0.2) is 18.7 Å². The number of para-hydroxylation sites is 1. The molecule has 1 heterocycles. The van der Waals surface area contributed by atoms with Crippen LogP contribution in [0, 0.1) is 0 Å². The van der Waals surface area contributed by atoms with Gasteiger partial charge in [-0.1, -0.05) is 24.3 Å². The average molecular weight is 275 g/mol. The van der Waals surface area contributed by atoms with Crippen molar-refractivity contribution in [1.29, 1.82) is 0 Å². The third kappa shape index (κ3) is 2.61. The molecule has 0 fully saturated rings. The highest BCUT2D eigenvalue weighted by Gasteiger charge is 2.17. The van der Waals surface area contributed by atoms with Crippen molar-refractivity contribution in [2.75, 3.05) is 5.32 Å². The smallest absolute Gasteiger partial charge is 0.297 e. The average Bonchev–Trinajstić information content (AvgIpc) is 2.48. The number of benzene rings is 1. The maximum atomic E-state index is 12.9. The number of nitrogens with one attached hydrogen (secondary N) is 1. The Hall–Kier alpha value is -2.04. The van der Waals surface area contributed by atoms with Gasteiger partial charge in [-0.2, -0.15) is 0 Å². The molecule has 1 aromatic heterocycles. The van der Waals surface area contributed by atoms with E-state index in [9.17, 15) is 8.78 Å². The van der Waals surface area contributed by atoms with Crippen LogP contribution in [0.25, 0.3) is 10.9 Å². The molecule has 20 heavy (non-hydrogen) atoms. The standard InChI is InChI=1S/C15H15F2N3/c16-13(17)15-19-12-9-5-4-8-11(12)14(20-15)18-10-6-2-1-3-7-10/h1-2,4-5,8-10,13H,3,6-7H2,(H,18,19,20). The molecular weight excluding hydrogens is 260 g/mol. The second-order valence-electron chi connectivity index (χ2n) is 4.87. The Morgan fingerprint density at radius 3 is 2.75 bits per heavy atom. The van der Waals surface area contributed by atoms with Crippen LogP contribution in [0.4, 0.5) is 14.6 Å². The van der Waals surface area contributed by atoms with Gasteiger partial charge < -0.3 is 5.32 Å². The van der Waals surface area contributed by atoms with Gasteiger partial charge in [0.25, 0.3) is 6.43 Å².